The summed E-state index contributed by atoms with van der Waals surface area (Å²) in [5, 5.41) is 9.39. The summed E-state index contributed by atoms with van der Waals surface area (Å²) in [4.78, 5) is 11.6. The number of sulfone groups is 1. The van der Waals surface area contributed by atoms with Gasteiger partial charge in [-0.1, -0.05) is 6.07 Å². The maximum absolute atomic E-state index is 11.9. The summed E-state index contributed by atoms with van der Waals surface area (Å²) in [7, 11) is -3.13. The topological polar surface area (TPSA) is 71.4 Å². The Labute approximate surface area is 115 Å². The molecule has 4 nitrogen and oxygen atoms in total. The fourth-order valence-corrected chi connectivity index (χ4v) is 4.10. The zero-order chi connectivity index (χ0) is 14.2. The molecule has 0 aliphatic rings. The number of fused-ring (bicyclic) bond motifs is 1. The fourth-order valence-electron chi connectivity index (χ4n) is 1.66. The third-order valence-electron chi connectivity index (χ3n) is 2.88. The van der Waals surface area contributed by atoms with Crippen LogP contribution in [0.5, 0.6) is 0 Å². The predicted molar refractivity (Wildman–Crippen MR) is 76.5 cm³/mol. The molecular formula is C13H14O4S2. The first kappa shape index (κ1) is 14.0. The number of carboxylic acid groups (broad SMARTS) is 1. The lowest BCUT2D eigenvalue weighted by Gasteiger charge is -2.04. The molecule has 0 unspecified atom stereocenters. The van der Waals surface area contributed by atoms with E-state index in [1.165, 1.54) is 17.4 Å². The van der Waals surface area contributed by atoms with Crippen molar-refractivity contribution in [2.24, 2.45) is 0 Å². The molecule has 19 heavy (non-hydrogen) atoms. The molecule has 102 valence electrons. The minimum Gasteiger partial charge on any atom is -0.478 e. The van der Waals surface area contributed by atoms with E-state index in [2.05, 4.69) is 0 Å². The maximum atomic E-state index is 11.9. The molecule has 0 atom stereocenters. The second kappa shape index (κ2) is 4.94. The van der Waals surface area contributed by atoms with Gasteiger partial charge < -0.3 is 5.11 Å². The van der Waals surface area contributed by atoms with Crippen molar-refractivity contribution >= 4 is 37.2 Å². The molecule has 2 aromatic rings. The van der Waals surface area contributed by atoms with Gasteiger partial charge in [0.25, 0.3) is 0 Å². The van der Waals surface area contributed by atoms with Crippen molar-refractivity contribution in [3.05, 3.63) is 34.7 Å². The van der Waals surface area contributed by atoms with Crippen LogP contribution in [0.15, 0.2) is 24.3 Å². The zero-order valence-corrected chi connectivity index (χ0v) is 12.2. The Hall–Kier alpha value is -1.40. The molecule has 0 aliphatic carbocycles. The van der Waals surface area contributed by atoms with E-state index in [4.69, 9.17) is 5.11 Å². The minimum atomic E-state index is -3.13. The van der Waals surface area contributed by atoms with E-state index in [-0.39, 0.29) is 11.3 Å². The highest BCUT2D eigenvalue weighted by atomic mass is 32.2. The van der Waals surface area contributed by atoms with Gasteiger partial charge in [-0.2, -0.15) is 0 Å². The van der Waals surface area contributed by atoms with Crippen LogP contribution in [0.3, 0.4) is 0 Å². The highest BCUT2D eigenvalue weighted by molar-refractivity contribution is 7.91. The smallest absolute Gasteiger partial charge is 0.335 e. The molecule has 0 amide bonds. The van der Waals surface area contributed by atoms with Crippen molar-refractivity contribution in [3.8, 4) is 0 Å². The lowest BCUT2D eigenvalue weighted by atomic mass is 10.2. The Kier molecular flexibility index (Phi) is 3.64. The van der Waals surface area contributed by atoms with Gasteiger partial charge in [-0.15, -0.1) is 11.3 Å². The lowest BCUT2D eigenvalue weighted by molar-refractivity contribution is 0.0697. The number of hydrogen-bond donors (Lipinski definition) is 1. The van der Waals surface area contributed by atoms with Gasteiger partial charge in [-0.25, -0.2) is 13.2 Å². The van der Waals surface area contributed by atoms with Gasteiger partial charge >= 0.3 is 5.97 Å². The predicted octanol–water partition coefficient (Wildman–Crippen LogP) is 2.92. The van der Waals surface area contributed by atoms with Crippen molar-refractivity contribution in [2.75, 3.05) is 0 Å². The average molecular weight is 298 g/mol. The van der Waals surface area contributed by atoms with Crippen LogP contribution in [0.4, 0.5) is 0 Å². The van der Waals surface area contributed by atoms with Gasteiger partial charge in [0, 0.05) is 9.58 Å². The van der Waals surface area contributed by atoms with E-state index in [1.54, 1.807) is 26.0 Å². The van der Waals surface area contributed by atoms with Gasteiger partial charge in [0.05, 0.1) is 16.6 Å². The van der Waals surface area contributed by atoms with E-state index < -0.39 is 21.1 Å². The number of aromatic carboxylic acids is 1. The molecule has 0 radical (unpaired) electrons. The molecule has 0 spiro atoms. The van der Waals surface area contributed by atoms with Gasteiger partial charge in [-0.3, -0.25) is 0 Å². The first-order chi connectivity index (χ1) is 8.79. The standard InChI is InChI=1S/C13H14O4S2/c1-8(2)19(16,17)7-11-5-9-3-4-10(13(14)15)6-12(9)18-11/h3-6,8H,7H2,1-2H3,(H,14,15). The summed E-state index contributed by atoms with van der Waals surface area (Å²) in [5.74, 6) is -0.974. The molecule has 1 aromatic heterocycles. The second-order valence-corrected chi connectivity index (χ2v) is 8.35. The fraction of sp³-hybridized carbons (Fsp3) is 0.308. The van der Waals surface area contributed by atoms with Gasteiger partial charge in [-0.05, 0) is 37.4 Å². The zero-order valence-electron chi connectivity index (χ0n) is 10.6. The van der Waals surface area contributed by atoms with E-state index >= 15 is 0 Å². The number of benzene rings is 1. The summed E-state index contributed by atoms with van der Waals surface area (Å²) in [6.07, 6.45) is 0. The summed E-state index contributed by atoms with van der Waals surface area (Å²) in [6, 6.07) is 6.62. The van der Waals surface area contributed by atoms with Crippen LogP contribution in [0.1, 0.15) is 29.1 Å². The van der Waals surface area contributed by atoms with E-state index in [0.717, 1.165) is 15.0 Å². The molecule has 0 fully saturated rings. The maximum Gasteiger partial charge on any atom is 0.335 e. The highest BCUT2D eigenvalue weighted by Crippen LogP contribution is 2.28. The first-order valence-corrected chi connectivity index (χ1v) is 8.30. The highest BCUT2D eigenvalue weighted by Gasteiger charge is 2.18. The van der Waals surface area contributed by atoms with Crippen molar-refractivity contribution in [1.29, 1.82) is 0 Å². The van der Waals surface area contributed by atoms with Crippen LogP contribution in [0.2, 0.25) is 0 Å². The first-order valence-electron chi connectivity index (χ1n) is 5.77. The largest absolute Gasteiger partial charge is 0.478 e. The number of carboxylic acids is 1. The normalized spacial score (nSPS) is 12.2. The van der Waals surface area contributed by atoms with Gasteiger partial charge in [0.2, 0.25) is 0 Å². The van der Waals surface area contributed by atoms with Crippen molar-refractivity contribution in [3.63, 3.8) is 0 Å². The number of hydrogen-bond acceptors (Lipinski definition) is 4. The lowest BCUT2D eigenvalue weighted by Crippen LogP contribution is -2.15. The molecular weight excluding hydrogens is 284 g/mol. The van der Waals surface area contributed by atoms with Gasteiger partial charge in [0.1, 0.15) is 0 Å². The number of carbonyl (C=O) groups is 1. The second-order valence-electron chi connectivity index (χ2n) is 4.63. The Morgan fingerprint density at radius 2 is 2.00 bits per heavy atom. The van der Waals surface area contributed by atoms with Crippen LogP contribution in [-0.2, 0) is 15.6 Å². The molecule has 0 saturated carbocycles. The van der Waals surface area contributed by atoms with E-state index in [0.29, 0.717) is 0 Å². The van der Waals surface area contributed by atoms with E-state index in [9.17, 15) is 13.2 Å². The third-order valence-corrected chi connectivity index (χ3v) is 6.31. The van der Waals surface area contributed by atoms with Crippen LogP contribution < -0.4 is 0 Å². The molecule has 6 heteroatoms. The SMILES string of the molecule is CC(C)S(=O)(=O)Cc1cc2ccc(C(=O)O)cc2s1. The quantitative estimate of drug-likeness (QED) is 0.942. The summed E-state index contributed by atoms with van der Waals surface area (Å²) < 4.78 is 24.5. The van der Waals surface area contributed by atoms with Crippen molar-refractivity contribution < 1.29 is 18.3 Å². The van der Waals surface area contributed by atoms with Crippen molar-refractivity contribution in [2.45, 2.75) is 24.9 Å². The van der Waals surface area contributed by atoms with Crippen LogP contribution in [-0.4, -0.2) is 24.7 Å². The molecule has 0 saturated heterocycles. The van der Waals surface area contributed by atoms with Crippen LogP contribution >= 0.6 is 11.3 Å². The summed E-state index contributed by atoms with van der Waals surface area (Å²) in [5.41, 5.74) is 0.215. The average Bonchev–Trinajstić information content (AvgIpc) is 2.68. The Morgan fingerprint density at radius 3 is 2.58 bits per heavy atom. The number of thiophene rings is 1. The third kappa shape index (κ3) is 2.96. The molecule has 0 bridgehead atoms. The molecule has 0 aliphatic heterocycles. The summed E-state index contributed by atoms with van der Waals surface area (Å²) >= 11 is 1.33. The van der Waals surface area contributed by atoms with E-state index in [1.807, 2.05) is 6.07 Å². The molecule has 2 rings (SSSR count). The Balaban J connectivity index is 2.40. The van der Waals surface area contributed by atoms with Crippen LogP contribution in [0.25, 0.3) is 10.1 Å². The minimum absolute atomic E-state index is 0.00637. The monoisotopic (exact) mass is 298 g/mol. The number of rotatable bonds is 4. The molecule has 1 heterocycles. The Morgan fingerprint density at radius 1 is 1.32 bits per heavy atom. The Bertz CT molecular complexity index is 726. The molecule has 1 N–H and O–H groups in total. The van der Waals surface area contributed by atoms with Gasteiger partial charge in [0.15, 0.2) is 9.84 Å². The van der Waals surface area contributed by atoms with Crippen LogP contribution in [0, 0.1) is 0 Å². The van der Waals surface area contributed by atoms with Crippen molar-refractivity contribution in [1.82, 2.24) is 0 Å². The molecule has 1 aromatic carbocycles. The summed E-state index contributed by atoms with van der Waals surface area (Å²) in [6.45, 7) is 3.32.